The van der Waals surface area contributed by atoms with E-state index in [1.807, 2.05) is 0 Å². The lowest BCUT2D eigenvalue weighted by Gasteiger charge is -2.40. The summed E-state index contributed by atoms with van der Waals surface area (Å²) in [7, 11) is 1.55. The van der Waals surface area contributed by atoms with Crippen molar-refractivity contribution in [1.29, 1.82) is 0 Å². The summed E-state index contributed by atoms with van der Waals surface area (Å²) in [5, 5.41) is 5.28. The van der Waals surface area contributed by atoms with Gasteiger partial charge in [-0.05, 0) is 51.7 Å². The van der Waals surface area contributed by atoms with Gasteiger partial charge in [-0.25, -0.2) is 9.97 Å². The fourth-order valence-corrected chi connectivity index (χ4v) is 4.42. The molecule has 12 heteroatoms. The van der Waals surface area contributed by atoms with Gasteiger partial charge in [0.25, 0.3) is 23.5 Å². The second-order valence-electron chi connectivity index (χ2n) is 8.87. The average Bonchev–Trinajstić information content (AvgIpc) is 3.37. The molecule has 0 aromatic carbocycles. The molecule has 4 rings (SSSR count). The van der Waals surface area contributed by atoms with Crippen LogP contribution in [0, 0.1) is 26.7 Å². The number of oxazole rings is 1. The molecule has 9 nitrogen and oxygen atoms in total. The maximum atomic E-state index is 13.5. The number of amides is 2. The lowest BCUT2D eigenvalue weighted by Crippen LogP contribution is -2.53. The maximum absolute atomic E-state index is 13.5. The van der Waals surface area contributed by atoms with E-state index in [9.17, 15) is 27.6 Å². The molecule has 190 valence electrons. The molecule has 0 spiro atoms. The minimum Gasteiger partial charge on any atom is -0.443 e. The van der Waals surface area contributed by atoms with Crippen molar-refractivity contribution in [1.82, 2.24) is 19.9 Å². The summed E-state index contributed by atoms with van der Waals surface area (Å²) in [6.45, 7) is 4.68. The minimum absolute atomic E-state index is 0.00598. The van der Waals surface area contributed by atoms with Crippen LogP contribution in [-0.4, -0.2) is 32.1 Å². The summed E-state index contributed by atoms with van der Waals surface area (Å²) in [5.74, 6) is -3.80. The molecule has 0 unspecified atom stereocenters. The van der Waals surface area contributed by atoms with Crippen molar-refractivity contribution >= 4 is 23.3 Å². The number of carbonyl (C=O) groups excluding carboxylic acids is 3. The van der Waals surface area contributed by atoms with Crippen LogP contribution in [0.25, 0.3) is 0 Å². The van der Waals surface area contributed by atoms with Gasteiger partial charge < -0.3 is 19.6 Å². The maximum Gasteiger partial charge on any atom is 0.313 e. The Morgan fingerprint density at radius 1 is 1.19 bits per heavy atom. The van der Waals surface area contributed by atoms with Crippen LogP contribution in [0.5, 0.6) is 0 Å². The van der Waals surface area contributed by atoms with E-state index in [1.165, 1.54) is 23.8 Å². The van der Waals surface area contributed by atoms with Crippen LogP contribution in [-0.2, 0) is 17.4 Å². The molecule has 0 radical (unpaired) electrons. The van der Waals surface area contributed by atoms with Gasteiger partial charge in [0.2, 0.25) is 5.95 Å². The molecule has 3 heterocycles. The summed E-state index contributed by atoms with van der Waals surface area (Å²) in [4.78, 5) is 46.6. The van der Waals surface area contributed by atoms with Crippen LogP contribution in [0.2, 0.25) is 0 Å². The highest BCUT2D eigenvalue weighted by Gasteiger charge is 2.44. The number of alkyl halides is 2. The van der Waals surface area contributed by atoms with E-state index in [0.717, 1.165) is 6.26 Å². The predicted molar refractivity (Wildman–Crippen MR) is 121 cm³/mol. The Morgan fingerprint density at radius 2 is 1.89 bits per heavy atom. The standard InChI is InChI=1S/C24H24F3N5O4/c1-11-8-14(9-28-20(11)27)29-21(34)16-12(2)17(32(4)13(16)3)18(33)22(35)31-24(6-5-7-24)15-10-36-23(30-15)19(25)26/h8-10,19H,5-7H2,1-4H3,(H,29,34)(H,31,35). The molecular formula is C24H24F3N5O4. The summed E-state index contributed by atoms with van der Waals surface area (Å²) >= 11 is 0. The molecule has 1 aliphatic carbocycles. The van der Waals surface area contributed by atoms with E-state index >= 15 is 0 Å². The van der Waals surface area contributed by atoms with Gasteiger partial charge in [0.1, 0.15) is 12.0 Å². The number of hydrogen-bond acceptors (Lipinski definition) is 6. The first-order valence-corrected chi connectivity index (χ1v) is 11.2. The quantitative estimate of drug-likeness (QED) is 0.285. The summed E-state index contributed by atoms with van der Waals surface area (Å²) in [6.07, 6.45) is 0.861. The number of nitrogens with one attached hydrogen (secondary N) is 2. The third kappa shape index (κ3) is 4.27. The van der Waals surface area contributed by atoms with Gasteiger partial charge in [0.05, 0.1) is 28.7 Å². The van der Waals surface area contributed by atoms with Crippen LogP contribution < -0.4 is 10.6 Å². The van der Waals surface area contributed by atoms with Crippen molar-refractivity contribution in [2.45, 2.75) is 52.0 Å². The average molecular weight is 503 g/mol. The number of Topliss-reactive ketones (excluding diaryl/α,β-unsaturated/α-hetero) is 1. The fraction of sp³-hybridized carbons (Fsp3) is 0.375. The van der Waals surface area contributed by atoms with Gasteiger partial charge in [-0.2, -0.15) is 13.2 Å². The lowest BCUT2D eigenvalue weighted by atomic mass is 9.74. The number of halogens is 3. The van der Waals surface area contributed by atoms with Gasteiger partial charge in [-0.3, -0.25) is 14.4 Å². The molecule has 36 heavy (non-hydrogen) atoms. The second kappa shape index (κ2) is 9.25. The normalized spacial score (nSPS) is 14.4. The van der Waals surface area contributed by atoms with E-state index in [4.69, 9.17) is 4.42 Å². The Morgan fingerprint density at radius 3 is 2.44 bits per heavy atom. The minimum atomic E-state index is -2.90. The molecular weight excluding hydrogens is 479 g/mol. The van der Waals surface area contributed by atoms with Gasteiger partial charge >= 0.3 is 6.43 Å². The van der Waals surface area contributed by atoms with Gasteiger partial charge in [0, 0.05) is 18.3 Å². The van der Waals surface area contributed by atoms with Crippen molar-refractivity contribution in [3.8, 4) is 0 Å². The van der Waals surface area contributed by atoms with Crippen LogP contribution in [0.1, 0.15) is 74.9 Å². The van der Waals surface area contributed by atoms with Crippen LogP contribution in [0.15, 0.2) is 22.9 Å². The van der Waals surface area contributed by atoms with Crippen LogP contribution in [0.4, 0.5) is 18.9 Å². The van der Waals surface area contributed by atoms with Gasteiger partial charge in [0.15, 0.2) is 0 Å². The van der Waals surface area contributed by atoms with Crippen LogP contribution >= 0.6 is 0 Å². The van der Waals surface area contributed by atoms with Crippen LogP contribution in [0.3, 0.4) is 0 Å². The molecule has 3 aromatic heterocycles. The number of carbonyl (C=O) groups is 3. The van der Waals surface area contributed by atoms with Crippen molar-refractivity contribution in [2.24, 2.45) is 7.05 Å². The first-order valence-electron chi connectivity index (χ1n) is 11.2. The molecule has 0 saturated heterocycles. The van der Waals surface area contributed by atoms with E-state index in [-0.39, 0.29) is 33.8 Å². The van der Waals surface area contributed by atoms with E-state index in [2.05, 4.69) is 20.6 Å². The second-order valence-corrected chi connectivity index (χ2v) is 8.87. The lowest BCUT2D eigenvalue weighted by molar-refractivity contribution is -0.120. The Bertz CT molecular complexity index is 1370. The Labute approximate surface area is 204 Å². The topological polar surface area (TPSA) is 119 Å². The van der Waals surface area contributed by atoms with Crippen molar-refractivity contribution < 1.29 is 32.0 Å². The highest BCUT2D eigenvalue weighted by molar-refractivity contribution is 6.43. The number of aromatic nitrogens is 3. The van der Waals surface area contributed by atoms with Gasteiger partial charge in [-0.1, -0.05) is 0 Å². The first-order chi connectivity index (χ1) is 16.9. The van der Waals surface area contributed by atoms with Crippen molar-refractivity contribution in [2.75, 3.05) is 5.32 Å². The predicted octanol–water partition coefficient (Wildman–Crippen LogP) is 4.04. The third-order valence-electron chi connectivity index (χ3n) is 6.61. The van der Waals surface area contributed by atoms with Gasteiger partial charge in [-0.15, -0.1) is 0 Å². The number of anilines is 1. The first kappa shape index (κ1) is 25.1. The number of nitrogens with zero attached hydrogens (tertiary/aromatic N) is 3. The molecule has 0 atom stereocenters. The fourth-order valence-electron chi connectivity index (χ4n) is 4.42. The molecule has 0 bridgehead atoms. The van der Waals surface area contributed by atoms with E-state index in [1.54, 1.807) is 20.9 Å². The summed E-state index contributed by atoms with van der Waals surface area (Å²) in [6, 6.07) is 1.43. The molecule has 0 aliphatic heterocycles. The highest BCUT2D eigenvalue weighted by atomic mass is 19.3. The zero-order valence-corrected chi connectivity index (χ0v) is 20.0. The smallest absolute Gasteiger partial charge is 0.313 e. The Hall–Kier alpha value is -3.96. The van der Waals surface area contributed by atoms with Crippen molar-refractivity contribution in [3.63, 3.8) is 0 Å². The number of rotatable bonds is 7. The van der Waals surface area contributed by atoms with Crippen molar-refractivity contribution in [3.05, 3.63) is 64.1 Å². The number of ketones is 1. The monoisotopic (exact) mass is 503 g/mol. The number of pyridine rings is 1. The number of hydrogen-bond donors (Lipinski definition) is 2. The molecule has 1 fully saturated rings. The third-order valence-corrected chi connectivity index (χ3v) is 6.61. The van der Waals surface area contributed by atoms with E-state index < -0.39 is 41.4 Å². The SMILES string of the molecule is Cc1cc(NC(=O)c2c(C)c(C(=O)C(=O)NC3(c4coc(C(F)F)n4)CCC3)n(C)c2C)cnc1F. The molecule has 2 N–H and O–H groups in total. The molecule has 1 saturated carbocycles. The zero-order valence-electron chi connectivity index (χ0n) is 20.0. The number of aryl methyl sites for hydroxylation is 1. The molecule has 1 aliphatic rings. The summed E-state index contributed by atoms with van der Waals surface area (Å²) in [5.41, 5.74) is 0.486. The highest BCUT2D eigenvalue weighted by Crippen LogP contribution is 2.41. The molecule has 3 aromatic rings. The zero-order chi connectivity index (χ0) is 26.4. The Kier molecular flexibility index (Phi) is 6.46. The largest absolute Gasteiger partial charge is 0.443 e. The molecule has 2 amide bonds. The van der Waals surface area contributed by atoms with E-state index in [0.29, 0.717) is 25.0 Å². The Balaban J connectivity index is 1.58. The summed E-state index contributed by atoms with van der Waals surface area (Å²) < 4.78 is 45.5.